The minimum absolute atomic E-state index is 0.179. The molecule has 0 saturated carbocycles. The van der Waals surface area contributed by atoms with Gasteiger partial charge in [-0.15, -0.1) is 11.5 Å². The lowest BCUT2D eigenvalue weighted by Crippen LogP contribution is -2.07. The molecule has 0 aromatic rings. The molecule has 0 unspecified atom stereocenters. The average molecular weight is 120 g/mol. The number of hydrogen-bond acceptors (Lipinski definition) is 2. The van der Waals surface area contributed by atoms with Gasteiger partial charge in [0.05, 0.1) is 5.54 Å². The molecule has 2 nitrogen and oxygen atoms in total. The fourth-order valence-corrected chi connectivity index (χ4v) is 0.646. The van der Waals surface area contributed by atoms with Gasteiger partial charge in [-0.3, -0.25) is 0 Å². The number of nitrogens with zero attached hydrogens (tertiary/aromatic N) is 2. The highest BCUT2D eigenvalue weighted by molar-refractivity contribution is 5.29. The summed E-state index contributed by atoms with van der Waals surface area (Å²) in [5.74, 6) is 2.42. The van der Waals surface area contributed by atoms with Crippen molar-refractivity contribution in [1.82, 2.24) is 0 Å². The maximum Gasteiger partial charge on any atom is 0.133 e. The molecule has 0 aromatic heterocycles. The van der Waals surface area contributed by atoms with Gasteiger partial charge >= 0.3 is 0 Å². The quantitative estimate of drug-likeness (QED) is 0.435. The smallest absolute Gasteiger partial charge is 0.133 e. The lowest BCUT2D eigenvalue weighted by Gasteiger charge is -2.04. The largest absolute Gasteiger partial charge is 0.178 e. The van der Waals surface area contributed by atoms with E-state index in [9.17, 15) is 0 Å². The third-order valence-corrected chi connectivity index (χ3v) is 1.05. The molecule has 0 bridgehead atoms. The van der Waals surface area contributed by atoms with Crippen molar-refractivity contribution in [2.45, 2.75) is 19.4 Å². The third kappa shape index (κ3) is 1.17. The Hall–Kier alpha value is -1.10. The second-order valence-corrected chi connectivity index (χ2v) is 2.53. The molecule has 1 aliphatic heterocycles. The van der Waals surface area contributed by atoms with E-state index in [1.807, 2.05) is 19.9 Å². The predicted molar refractivity (Wildman–Crippen MR) is 35.9 cm³/mol. The van der Waals surface area contributed by atoms with Crippen LogP contribution in [0.3, 0.4) is 0 Å². The van der Waals surface area contributed by atoms with Crippen LogP contribution in [0.15, 0.2) is 22.0 Å². The van der Waals surface area contributed by atoms with Gasteiger partial charge in [-0.1, -0.05) is 0 Å². The predicted octanol–water partition coefficient (Wildman–Crippen LogP) is 1.75. The number of terminal acetylenes is 1. The zero-order chi connectivity index (χ0) is 6.91. The number of rotatable bonds is 0. The average Bonchev–Trinajstić information content (AvgIpc) is 2.10. The highest BCUT2D eigenvalue weighted by Gasteiger charge is 2.18. The first kappa shape index (κ1) is 6.03. The van der Waals surface area contributed by atoms with Gasteiger partial charge in [0.15, 0.2) is 0 Å². The van der Waals surface area contributed by atoms with Crippen LogP contribution in [0.1, 0.15) is 13.8 Å². The highest BCUT2D eigenvalue weighted by Crippen LogP contribution is 2.21. The summed E-state index contributed by atoms with van der Waals surface area (Å²) in [6, 6.07) is 0. The molecule has 0 aliphatic carbocycles. The lowest BCUT2D eigenvalue weighted by atomic mass is 10.1. The summed E-state index contributed by atoms with van der Waals surface area (Å²) in [6.07, 6.45) is 6.95. The molecule has 0 fully saturated rings. The lowest BCUT2D eigenvalue weighted by molar-refractivity contribution is 0.644. The first-order chi connectivity index (χ1) is 4.14. The van der Waals surface area contributed by atoms with Crippen molar-refractivity contribution in [3.8, 4) is 12.3 Å². The van der Waals surface area contributed by atoms with Gasteiger partial charge in [-0.25, -0.2) is 0 Å². The van der Waals surface area contributed by atoms with E-state index in [0.717, 1.165) is 0 Å². The van der Waals surface area contributed by atoms with E-state index in [0.29, 0.717) is 5.70 Å². The summed E-state index contributed by atoms with van der Waals surface area (Å²) >= 11 is 0. The fraction of sp³-hybridized carbons (Fsp3) is 0.429. The van der Waals surface area contributed by atoms with E-state index >= 15 is 0 Å². The zero-order valence-corrected chi connectivity index (χ0v) is 5.55. The van der Waals surface area contributed by atoms with Crippen LogP contribution in [0.4, 0.5) is 0 Å². The normalized spacial score (nSPS) is 21.2. The Morgan fingerprint density at radius 2 is 2.33 bits per heavy atom. The summed E-state index contributed by atoms with van der Waals surface area (Å²) in [4.78, 5) is 0. The van der Waals surface area contributed by atoms with Crippen molar-refractivity contribution in [2.75, 3.05) is 0 Å². The molecule has 0 spiro atoms. The molecule has 1 rings (SSSR count). The van der Waals surface area contributed by atoms with Crippen LogP contribution in [0.5, 0.6) is 0 Å². The van der Waals surface area contributed by atoms with Crippen LogP contribution >= 0.6 is 0 Å². The first-order valence-electron chi connectivity index (χ1n) is 2.76. The molecule has 0 radical (unpaired) electrons. The van der Waals surface area contributed by atoms with E-state index in [1.165, 1.54) is 0 Å². The molecule has 0 amide bonds. The third-order valence-electron chi connectivity index (χ3n) is 1.05. The molecule has 0 aromatic carbocycles. The van der Waals surface area contributed by atoms with Crippen LogP contribution < -0.4 is 0 Å². The topological polar surface area (TPSA) is 24.7 Å². The number of allylic oxidation sites excluding steroid dienone is 1. The van der Waals surface area contributed by atoms with Crippen LogP contribution in [0.2, 0.25) is 0 Å². The highest BCUT2D eigenvalue weighted by atomic mass is 15.2. The fourth-order valence-electron chi connectivity index (χ4n) is 0.646. The van der Waals surface area contributed by atoms with Gasteiger partial charge in [-0.05, 0) is 25.8 Å². The van der Waals surface area contributed by atoms with Gasteiger partial charge in [0.2, 0.25) is 0 Å². The summed E-state index contributed by atoms with van der Waals surface area (Å²) in [5.41, 5.74) is 0.460. The van der Waals surface area contributed by atoms with Gasteiger partial charge in [0.25, 0.3) is 0 Å². The van der Waals surface area contributed by atoms with Crippen LogP contribution in [-0.2, 0) is 0 Å². The minimum Gasteiger partial charge on any atom is -0.178 e. The first-order valence-corrected chi connectivity index (χ1v) is 2.76. The Morgan fingerprint density at radius 1 is 1.67 bits per heavy atom. The number of hydrogen-bond donors (Lipinski definition) is 0. The summed E-state index contributed by atoms with van der Waals surface area (Å²) in [7, 11) is 0. The van der Waals surface area contributed by atoms with Gasteiger partial charge in [0.1, 0.15) is 5.70 Å². The Balaban J connectivity index is 2.90. The standard InChI is InChI=1S/C7H8N2/c1-4-6-5-7(2,3)9-8-6/h1,5H,2-3H3. The molecule has 0 saturated heterocycles. The molecule has 1 aliphatic rings. The van der Waals surface area contributed by atoms with Crippen LogP contribution in [0, 0.1) is 12.3 Å². The molecule has 2 heteroatoms. The van der Waals surface area contributed by atoms with E-state index in [2.05, 4.69) is 16.1 Å². The van der Waals surface area contributed by atoms with E-state index in [-0.39, 0.29) is 5.54 Å². The maximum absolute atomic E-state index is 5.08. The van der Waals surface area contributed by atoms with Crippen molar-refractivity contribution in [1.29, 1.82) is 0 Å². The number of azo groups is 1. The molecule has 1 heterocycles. The summed E-state index contributed by atoms with van der Waals surface area (Å²) < 4.78 is 0. The SMILES string of the molecule is C#CC1=CC(C)(C)N=N1. The molecule has 0 atom stereocenters. The Morgan fingerprint density at radius 3 is 2.56 bits per heavy atom. The monoisotopic (exact) mass is 120 g/mol. The van der Waals surface area contributed by atoms with Crippen LogP contribution in [0.25, 0.3) is 0 Å². The van der Waals surface area contributed by atoms with Crippen molar-refractivity contribution >= 4 is 0 Å². The molecule has 0 N–H and O–H groups in total. The van der Waals surface area contributed by atoms with E-state index in [1.54, 1.807) is 0 Å². The summed E-state index contributed by atoms with van der Waals surface area (Å²) in [5, 5.41) is 7.67. The van der Waals surface area contributed by atoms with E-state index < -0.39 is 0 Å². The molecular weight excluding hydrogens is 112 g/mol. The second kappa shape index (κ2) is 1.70. The maximum atomic E-state index is 5.08. The molecule has 46 valence electrons. The Kier molecular flexibility index (Phi) is 1.14. The minimum atomic E-state index is -0.179. The van der Waals surface area contributed by atoms with Gasteiger partial charge in [-0.2, -0.15) is 5.11 Å². The van der Waals surface area contributed by atoms with Crippen LogP contribution in [-0.4, -0.2) is 5.54 Å². The Bertz CT molecular complexity index is 216. The zero-order valence-electron chi connectivity index (χ0n) is 5.55. The van der Waals surface area contributed by atoms with Gasteiger partial charge < -0.3 is 0 Å². The Labute approximate surface area is 54.7 Å². The molecular formula is C7H8N2. The van der Waals surface area contributed by atoms with Crippen molar-refractivity contribution in [3.63, 3.8) is 0 Å². The van der Waals surface area contributed by atoms with Crippen molar-refractivity contribution in [2.24, 2.45) is 10.2 Å². The van der Waals surface area contributed by atoms with Crippen molar-refractivity contribution < 1.29 is 0 Å². The van der Waals surface area contributed by atoms with Crippen molar-refractivity contribution in [3.05, 3.63) is 11.8 Å². The second-order valence-electron chi connectivity index (χ2n) is 2.53. The van der Waals surface area contributed by atoms with Gasteiger partial charge in [0, 0.05) is 0 Å². The van der Waals surface area contributed by atoms with E-state index in [4.69, 9.17) is 6.42 Å². The molecule has 9 heavy (non-hydrogen) atoms. The summed E-state index contributed by atoms with van der Waals surface area (Å²) in [6.45, 7) is 3.92.